The van der Waals surface area contributed by atoms with Crippen LogP contribution < -0.4 is 14.4 Å². The Balaban J connectivity index is 1.77. The van der Waals surface area contributed by atoms with E-state index in [1.807, 2.05) is 20.8 Å². The van der Waals surface area contributed by atoms with Gasteiger partial charge in [0.15, 0.2) is 5.75 Å². The van der Waals surface area contributed by atoms with Crippen LogP contribution in [0, 0.1) is 18.3 Å². The highest BCUT2D eigenvalue weighted by Crippen LogP contribution is 2.43. The summed E-state index contributed by atoms with van der Waals surface area (Å²) in [5, 5.41) is 13.7. The molecule has 0 unspecified atom stereocenters. The van der Waals surface area contributed by atoms with Crippen molar-refractivity contribution in [1.82, 2.24) is 19.7 Å². The number of halogens is 2. The quantitative estimate of drug-likeness (QED) is 0.476. The number of methoxy groups -OCH3 is 1. The molecule has 0 saturated carbocycles. The van der Waals surface area contributed by atoms with E-state index in [4.69, 9.17) is 14.5 Å². The fourth-order valence-electron chi connectivity index (χ4n) is 4.21. The van der Waals surface area contributed by atoms with Crippen molar-refractivity contribution in [2.75, 3.05) is 18.6 Å². The minimum Gasteiger partial charge on any atom is -0.482 e. The van der Waals surface area contributed by atoms with Crippen LogP contribution in [0.5, 0.6) is 11.6 Å². The maximum atomic E-state index is 13.6. The van der Waals surface area contributed by atoms with Crippen LogP contribution in [0.25, 0.3) is 11.3 Å². The Morgan fingerprint density at radius 1 is 1.25 bits per heavy atom. The summed E-state index contributed by atoms with van der Waals surface area (Å²) < 4.78 is 37.3. The van der Waals surface area contributed by atoms with Crippen LogP contribution in [0.4, 0.5) is 14.5 Å². The summed E-state index contributed by atoms with van der Waals surface area (Å²) in [6, 6.07) is 5.48. The molecule has 0 aromatic carbocycles. The van der Waals surface area contributed by atoms with Gasteiger partial charge in [0, 0.05) is 11.8 Å². The summed E-state index contributed by atoms with van der Waals surface area (Å²) >= 11 is 0. The normalized spacial score (nSPS) is 14.7. The lowest BCUT2D eigenvalue weighted by atomic mass is 9.96. The van der Waals surface area contributed by atoms with Gasteiger partial charge in [-0.3, -0.25) is 14.4 Å². The molecule has 0 spiro atoms. The fourth-order valence-corrected chi connectivity index (χ4v) is 4.21. The molecular weight excluding hydrogens is 470 g/mol. The third-order valence-corrected chi connectivity index (χ3v) is 6.12. The predicted molar refractivity (Wildman–Crippen MR) is 127 cm³/mol. The molecule has 3 aromatic heterocycles. The Bertz CT molecular complexity index is 1380. The lowest BCUT2D eigenvalue weighted by molar-refractivity contribution is 0.0801. The van der Waals surface area contributed by atoms with Gasteiger partial charge in [-0.1, -0.05) is 0 Å². The monoisotopic (exact) mass is 496 g/mol. The molecule has 1 amide bonds. The van der Waals surface area contributed by atoms with Gasteiger partial charge in [0.05, 0.1) is 53.8 Å². The van der Waals surface area contributed by atoms with Gasteiger partial charge in [0.25, 0.3) is 18.2 Å². The Hall–Kier alpha value is -4.07. The zero-order valence-electron chi connectivity index (χ0n) is 20.8. The second kappa shape index (κ2) is 8.86. The third-order valence-electron chi connectivity index (χ3n) is 6.12. The molecule has 0 atom stereocenters. The third kappa shape index (κ3) is 4.12. The van der Waals surface area contributed by atoms with E-state index in [1.165, 1.54) is 24.1 Å². The van der Waals surface area contributed by atoms with Gasteiger partial charge < -0.3 is 9.47 Å². The SMILES string of the molecule is COc1ncc(-c2cc(C)c3c(n2)C(C)(C)N(c2cnn(C(C)(C)C#N)c2)C3=O)cc1OCC(F)F. The standard InChI is InChI=1S/C25H26F2N6O3/c1-14-7-17(15-8-18(36-12-19(26)27)22(35-6)29-9-15)31-21-20(14)23(34)33(25(21,4)5)16-10-30-32(11-16)24(2,3)13-28/h7-11,19H,12H2,1-6H3. The van der Waals surface area contributed by atoms with E-state index in [2.05, 4.69) is 16.2 Å². The van der Waals surface area contributed by atoms with Crippen molar-refractivity contribution in [1.29, 1.82) is 5.26 Å². The highest BCUT2D eigenvalue weighted by Gasteiger charge is 2.47. The molecule has 0 fully saturated rings. The number of alkyl halides is 2. The van der Waals surface area contributed by atoms with Gasteiger partial charge in [-0.25, -0.2) is 18.7 Å². The molecule has 3 aromatic rings. The zero-order chi connectivity index (χ0) is 26.4. The van der Waals surface area contributed by atoms with Gasteiger partial charge in [0.2, 0.25) is 0 Å². The lowest BCUT2D eigenvalue weighted by Gasteiger charge is -2.30. The minimum absolute atomic E-state index is 0.0692. The number of hydrogen-bond donors (Lipinski definition) is 0. The Morgan fingerprint density at radius 2 is 1.97 bits per heavy atom. The maximum absolute atomic E-state index is 13.6. The summed E-state index contributed by atoms with van der Waals surface area (Å²) in [6.07, 6.45) is 2.09. The molecule has 188 valence electrons. The second-order valence-electron chi connectivity index (χ2n) is 9.50. The summed E-state index contributed by atoms with van der Waals surface area (Å²) in [4.78, 5) is 24.1. The van der Waals surface area contributed by atoms with E-state index in [0.717, 1.165) is 0 Å². The van der Waals surface area contributed by atoms with E-state index >= 15 is 0 Å². The molecule has 4 heterocycles. The van der Waals surface area contributed by atoms with Gasteiger partial charge in [-0.2, -0.15) is 10.4 Å². The van der Waals surface area contributed by atoms with Crippen LogP contribution >= 0.6 is 0 Å². The number of carbonyl (C=O) groups excluding carboxylic acids is 1. The van der Waals surface area contributed by atoms with Crippen LogP contribution in [0.3, 0.4) is 0 Å². The molecule has 9 nitrogen and oxygen atoms in total. The zero-order valence-corrected chi connectivity index (χ0v) is 20.8. The predicted octanol–water partition coefficient (Wildman–Crippen LogP) is 4.46. The molecule has 0 radical (unpaired) electrons. The van der Waals surface area contributed by atoms with Gasteiger partial charge in [-0.05, 0) is 52.3 Å². The first-order valence-electron chi connectivity index (χ1n) is 11.2. The highest BCUT2D eigenvalue weighted by atomic mass is 19.3. The molecule has 36 heavy (non-hydrogen) atoms. The summed E-state index contributed by atoms with van der Waals surface area (Å²) in [5.74, 6) is -0.0781. The Labute approximate surface area is 207 Å². The fraction of sp³-hybridized carbons (Fsp3) is 0.400. The largest absolute Gasteiger partial charge is 0.482 e. The van der Waals surface area contributed by atoms with Crippen molar-refractivity contribution in [2.45, 2.75) is 52.1 Å². The Kier molecular flexibility index (Phi) is 6.16. The van der Waals surface area contributed by atoms with Crippen LogP contribution in [-0.4, -0.2) is 45.8 Å². The number of pyridine rings is 2. The number of rotatable bonds is 7. The molecule has 11 heteroatoms. The molecular formula is C25H26F2N6O3. The topological polar surface area (TPSA) is 106 Å². The second-order valence-corrected chi connectivity index (χ2v) is 9.50. The molecule has 0 aliphatic carbocycles. The maximum Gasteiger partial charge on any atom is 0.272 e. The average Bonchev–Trinajstić information content (AvgIpc) is 3.38. The van der Waals surface area contributed by atoms with Gasteiger partial charge >= 0.3 is 0 Å². The van der Waals surface area contributed by atoms with Crippen molar-refractivity contribution in [3.8, 4) is 29.0 Å². The number of aromatic nitrogens is 4. The Morgan fingerprint density at radius 3 is 2.61 bits per heavy atom. The van der Waals surface area contributed by atoms with Gasteiger partial charge in [-0.15, -0.1) is 0 Å². The number of hydrogen-bond acceptors (Lipinski definition) is 7. The molecule has 1 aliphatic rings. The van der Waals surface area contributed by atoms with Crippen LogP contribution in [0.2, 0.25) is 0 Å². The number of nitrogens with zero attached hydrogens (tertiary/aromatic N) is 6. The summed E-state index contributed by atoms with van der Waals surface area (Å²) in [6.45, 7) is 8.23. The van der Waals surface area contributed by atoms with E-state index in [9.17, 15) is 18.8 Å². The number of ether oxygens (including phenoxy) is 2. The molecule has 0 bridgehead atoms. The van der Waals surface area contributed by atoms with Crippen LogP contribution in [-0.2, 0) is 11.1 Å². The molecule has 0 saturated heterocycles. The van der Waals surface area contributed by atoms with E-state index in [1.54, 1.807) is 37.2 Å². The first-order valence-corrected chi connectivity index (χ1v) is 11.2. The highest BCUT2D eigenvalue weighted by molar-refractivity contribution is 6.12. The summed E-state index contributed by atoms with van der Waals surface area (Å²) in [7, 11) is 1.37. The van der Waals surface area contributed by atoms with Crippen molar-refractivity contribution in [3.63, 3.8) is 0 Å². The number of nitriles is 1. The number of fused-ring (bicyclic) bond motifs is 1. The first-order chi connectivity index (χ1) is 16.9. The minimum atomic E-state index is -2.65. The number of aryl methyl sites for hydroxylation is 1. The number of carbonyl (C=O) groups is 1. The average molecular weight is 497 g/mol. The van der Waals surface area contributed by atoms with E-state index in [0.29, 0.717) is 33.8 Å². The van der Waals surface area contributed by atoms with Crippen LogP contribution in [0.15, 0.2) is 30.7 Å². The van der Waals surface area contributed by atoms with Crippen LogP contribution in [0.1, 0.15) is 49.3 Å². The molecule has 4 rings (SSSR count). The smallest absolute Gasteiger partial charge is 0.272 e. The number of anilines is 1. The lowest BCUT2D eigenvalue weighted by Crippen LogP contribution is -2.39. The van der Waals surface area contributed by atoms with E-state index < -0.39 is 24.1 Å². The van der Waals surface area contributed by atoms with Crippen molar-refractivity contribution >= 4 is 11.6 Å². The molecule has 0 N–H and O–H groups in total. The van der Waals surface area contributed by atoms with Gasteiger partial charge in [0.1, 0.15) is 12.1 Å². The van der Waals surface area contributed by atoms with Crippen molar-refractivity contribution in [3.05, 3.63) is 47.5 Å². The number of amides is 1. The molecule has 1 aliphatic heterocycles. The van der Waals surface area contributed by atoms with Crippen molar-refractivity contribution < 1.29 is 23.0 Å². The van der Waals surface area contributed by atoms with Crippen molar-refractivity contribution in [2.24, 2.45) is 0 Å². The summed E-state index contributed by atoms with van der Waals surface area (Å²) in [5.41, 5.74) is 1.58. The first kappa shape index (κ1) is 25.0. The van der Waals surface area contributed by atoms with E-state index in [-0.39, 0.29) is 17.5 Å².